The normalized spacial score (nSPS) is 15.5. The molecule has 0 saturated carbocycles. The second-order valence-electron chi connectivity index (χ2n) is 7.37. The van der Waals surface area contributed by atoms with Gasteiger partial charge < -0.3 is 24.7 Å². The maximum Gasteiger partial charge on any atom is 0.245 e. The molecule has 1 saturated heterocycles. The number of fused-ring (bicyclic) bond motifs is 1. The number of carbonyl (C=O) groups excluding carboxylic acids is 1. The lowest BCUT2D eigenvalue weighted by Crippen LogP contribution is -2.38. The summed E-state index contributed by atoms with van der Waals surface area (Å²) in [6.45, 7) is 10.0. The first-order chi connectivity index (χ1) is 16.2. The van der Waals surface area contributed by atoms with E-state index in [4.69, 9.17) is 9.47 Å². The van der Waals surface area contributed by atoms with Crippen molar-refractivity contribution in [3.05, 3.63) is 48.9 Å². The Balaban J connectivity index is 0.00000149. The molecule has 3 heterocycles. The van der Waals surface area contributed by atoms with Gasteiger partial charge in [-0.3, -0.25) is 4.79 Å². The fourth-order valence-corrected chi connectivity index (χ4v) is 3.62. The van der Waals surface area contributed by atoms with Crippen molar-refractivity contribution in [3.63, 3.8) is 0 Å². The number of piperidine rings is 1. The average Bonchev–Trinajstić information content (AvgIpc) is 3.30. The van der Waals surface area contributed by atoms with Crippen LogP contribution in [0.4, 0.5) is 11.6 Å². The number of aromatic amines is 1. The number of amides is 1. The van der Waals surface area contributed by atoms with Crippen LogP contribution in [0.1, 0.15) is 38.4 Å². The fraction of sp³-hybridized carbons (Fsp3) is 0.417. The number of methoxy groups -OCH3 is 1. The highest BCUT2D eigenvalue weighted by molar-refractivity contribution is 5.87. The molecule has 1 unspecified atom stereocenters. The van der Waals surface area contributed by atoms with Crippen LogP contribution in [0.2, 0.25) is 0 Å². The van der Waals surface area contributed by atoms with E-state index in [1.807, 2.05) is 43.0 Å². The number of likely N-dealkylation sites (tertiary alicyclic amines) is 1. The summed E-state index contributed by atoms with van der Waals surface area (Å²) in [6.07, 6.45) is 4.99. The number of rotatable bonds is 8. The minimum atomic E-state index is -0.0396. The van der Waals surface area contributed by atoms with E-state index >= 15 is 0 Å². The van der Waals surface area contributed by atoms with Crippen LogP contribution in [0.25, 0.3) is 11.2 Å². The van der Waals surface area contributed by atoms with Crippen molar-refractivity contribution >= 4 is 28.7 Å². The monoisotopic (exact) mass is 452 g/mol. The smallest absolute Gasteiger partial charge is 0.245 e. The predicted octanol–water partition coefficient (Wildman–Crippen LogP) is 4.04. The Bertz CT molecular complexity index is 1050. The lowest BCUT2D eigenvalue weighted by molar-refractivity contribution is -0.127. The molecule has 2 aromatic heterocycles. The van der Waals surface area contributed by atoms with Crippen LogP contribution in [0.15, 0.2) is 43.1 Å². The Morgan fingerprint density at radius 3 is 2.79 bits per heavy atom. The Morgan fingerprint density at radius 1 is 1.27 bits per heavy atom. The Labute approximate surface area is 194 Å². The zero-order chi connectivity index (χ0) is 23.6. The highest BCUT2D eigenvalue weighted by Crippen LogP contribution is 2.27. The number of nitrogens with one attached hydrogen (secondary N) is 2. The zero-order valence-electron chi connectivity index (χ0n) is 19.5. The minimum Gasteiger partial charge on any atom is -0.491 e. The first kappa shape index (κ1) is 24.2. The maximum absolute atomic E-state index is 12.0. The van der Waals surface area contributed by atoms with Crippen molar-refractivity contribution in [2.45, 2.75) is 32.6 Å². The standard InChI is InChI=1S/C22H26N6O3.C2H6/c1-3-19(29)28-10-4-5-15(14-28)20-25-18-13-23-22(27-21(18)26-20)24-16-6-8-17(9-7-16)31-12-11-30-2;1-2/h3,6-9,13,15H,1,4-5,10-12,14H2,2H3,(H2,23,24,25,26,27);1-2H3. The second-order valence-corrected chi connectivity index (χ2v) is 7.37. The van der Waals surface area contributed by atoms with Crippen LogP contribution in [0, 0.1) is 0 Å². The number of carbonyl (C=O) groups is 1. The summed E-state index contributed by atoms with van der Waals surface area (Å²) in [5.74, 6) is 2.18. The number of H-pyrrole nitrogens is 1. The van der Waals surface area contributed by atoms with Crippen molar-refractivity contribution in [2.24, 2.45) is 0 Å². The number of benzene rings is 1. The van der Waals surface area contributed by atoms with E-state index in [1.165, 1.54) is 6.08 Å². The second kappa shape index (κ2) is 12.0. The predicted molar refractivity (Wildman–Crippen MR) is 129 cm³/mol. The molecule has 0 spiro atoms. The molecule has 4 rings (SSSR count). The number of ether oxygens (including phenoxy) is 2. The topological polar surface area (TPSA) is 105 Å². The molecule has 1 aliphatic rings. The van der Waals surface area contributed by atoms with Gasteiger partial charge in [-0.2, -0.15) is 4.98 Å². The lowest BCUT2D eigenvalue weighted by Gasteiger charge is -2.30. The first-order valence-corrected chi connectivity index (χ1v) is 11.3. The molecule has 9 nitrogen and oxygen atoms in total. The Morgan fingerprint density at radius 2 is 2.06 bits per heavy atom. The van der Waals surface area contributed by atoms with Gasteiger partial charge in [0.1, 0.15) is 23.7 Å². The Hall–Kier alpha value is -3.46. The minimum absolute atomic E-state index is 0.0396. The summed E-state index contributed by atoms with van der Waals surface area (Å²) >= 11 is 0. The summed E-state index contributed by atoms with van der Waals surface area (Å²) in [6, 6.07) is 7.56. The quantitative estimate of drug-likeness (QED) is 0.392. The SMILES string of the molecule is C=CC(=O)N1CCCC(c2nc3nc(Nc4ccc(OCCOC)cc4)ncc3[nH]2)C1.CC. The largest absolute Gasteiger partial charge is 0.491 e. The van der Waals surface area contributed by atoms with E-state index in [1.54, 1.807) is 13.3 Å². The van der Waals surface area contributed by atoms with Gasteiger partial charge >= 0.3 is 0 Å². The van der Waals surface area contributed by atoms with E-state index in [2.05, 4.69) is 31.8 Å². The molecule has 9 heteroatoms. The number of aromatic nitrogens is 4. The summed E-state index contributed by atoms with van der Waals surface area (Å²) in [7, 11) is 1.64. The summed E-state index contributed by atoms with van der Waals surface area (Å²) in [5, 5.41) is 3.19. The van der Waals surface area contributed by atoms with Gasteiger partial charge in [0.05, 0.1) is 12.8 Å². The number of hydrogen-bond donors (Lipinski definition) is 2. The van der Waals surface area contributed by atoms with Crippen LogP contribution >= 0.6 is 0 Å². The summed E-state index contributed by atoms with van der Waals surface area (Å²) in [5.41, 5.74) is 2.22. The lowest BCUT2D eigenvalue weighted by atomic mass is 9.97. The van der Waals surface area contributed by atoms with E-state index < -0.39 is 0 Å². The molecular formula is C24H32N6O3. The van der Waals surface area contributed by atoms with E-state index in [0.29, 0.717) is 31.4 Å². The average molecular weight is 453 g/mol. The molecule has 0 radical (unpaired) electrons. The zero-order valence-corrected chi connectivity index (χ0v) is 19.5. The van der Waals surface area contributed by atoms with Crippen LogP contribution in [0.3, 0.4) is 0 Å². The molecular weight excluding hydrogens is 420 g/mol. The highest BCUT2D eigenvalue weighted by Gasteiger charge is 2.26. The molecule has 1 aromatic carbocycles. The van der Waals surface area contributed by atoms with Crippen molar-refractivity contribution < 1.29 is 14.3 Å². The molecule has 2 N–H and O–H groups in total. The number of imidazole rings is 1. The molecule has 33 heavy (non-hydrogen) atoms. The van der Waals surface area contributed by atoms with Gasteiger partial charge in [-0.25, -0.2) is 9.97 Å². The fourth-order valence-electron chi connectivity index (χ4n) is 3.62. The van der Waals surface area contributed by atoms with Gasteiger partial charge in [0.15, 0.2) is 5.65 Å². The van der Waals surface area contributed by atoms with Gasteiger partial charge in [-0.15, -0.1) is 0 Å². The Kier molecular flexibility index (Phi) is 8.77. The van der Waals surface area contributed by atoms with Crippen LogP contribution < -0.4 is 10.1 Å². The van der Waals surface area contributed by atoms with Crippen molar-refractivity contribution in [2.75, 3.05) is 38.7 Å². The number of nitrogens with zero attached hydrogens (tertiary/aromatic N) is 4. The van der Waals surface area contributed by atoms with Gasteiger partial charge in [0.2, 0.25) is 11.9 Å². The third-order valence-corrected chi connectivity index (χ3v) is 5.22. The summed E-state index contributed by atoms with van der Waals surface area (Å²) < 4.78 is 10.5. The molecule has 0 aliphatic carbocycles. The highest BCUT2D eigenvalue weighted by atomic mass is 16.5. The summed E-state index contributed by atoms with van der Waals surface area (Å²) in [4.78, 5) is 30.7. The van der Waals surface area contributed by atoms with Crippen LogP contribution in [-0.2, 0) is 9.53 Å². The van der Waals surface area contributed by atoms with Gasteiger partial charge in [0.25, 0.3) is 0 Å². The van der Waals surface area contributed by atoms with E-state index in [0.717, 1.165) is 42.2 Å². The van der Waals surface area contributed by atoms with Crippen molar-refractivity contribution in [3.8, 4) is 5.75 Å². The van der Waals surface area contributed by atoms with Crippen LogP contribution in [-0.4, -0.2) is 64.2 Å². The first-order valence-electron chi connectivity index (χ1n) is 11.3. The van der Waals surface area contributed by atoms with Crippen LogP contribution in [0.5, 0.6) is 5.75 Å². The molecule has 1 amide bonds. The van der Waals surface area contributed by atoms with Crippen molar-refractivity contribution in [1.29, 1.82) is 0 Å². The molecule has 0 bridgehead atoms. The van der Waals surface area contributed by atoms with E-state index in [9.17, 15) is 4.79 Å². The van der Waals surface area contributed by atoms with Gasteiger partial charge in [-0.05, 0) is 43.2 Å². The molecule has 1 aliphatic heterocycles. The molecule has 176 valence electrons. The molecule has 3 aromatic rings. The number of hydrogen-bond acceptors (Lipinski definition) is 7. The number of anilines is 2. The third kappa shape index (κ3) is 6.29. The molecule has 1 atom stereocenters. The van der Waals surface area contributed by atoms with E-state index in [-0.39, 0.29) is 11.8 Å². The van der Waals surface area contributed by atoms with Crippen molar-refractivity contribution in [1.82, 2.24) is 24.8 Å². The van der Waals surface area contributed by atoms with Gasteiger partial charge in [0, 0.05) is 31.8 Å². The molecule has 1 fully saturated rings. The van der Waals surface area contributed by atoms with Gasteiger partial charge in [-0.1, -0.05) is 20.4 Å². The maximum atomic E-state index is 12.0. The third-order valence-electron chi connectivity index (χ3n) is 5.22.